The molecule has 3 nitrogen and oxygen atoms in total. The second kappa shape index (κ2) is 5.21. The van der Waals surface area contributed by atoms with E-state index in [9.17, 15) is 0 Å². The Hall–Kier alpha value is -0.120. The smallest absolute Gasteiger partial charge is 0.0833 e. The maximum atomic E-state index is 6.78. The monoisotopic (exact) mass is 297 g/mol. The summed E-state index contributed by atoms with van der Waals surface area (Å²) in [6.07, 6.45) is 5.50. The van der Waals surface area contributed by atoms with Gasteiger partial charge in [-0.05, 0) is 65.2 Å². The number of ether oxygens (including phenoxy) is 2. The lowest BCUT2D eigenvalue weighted by Crippen LogP contribution is -2.58. The average molecular weight is 297 g/mol. The SMILES string of the molecule is COC1(C(N)C2CC(C)(C)OC2(C)C)CCC(C)(C)CC1. The lowest BCUT2D eigenvalue weighted by molar-refractivity contribution is -0.116. The summed E-state index contributed by atoms with van der Waals surface area (Å²) >= 11 is 0. The molecular weight excluding hydrogens is 262 g/mol. The van der Waals surface area contributed by atoms with Gasteiger partial charge in [0.2, 0.25) is 0 Å². The first kappa shape index (κ1) is 17.2. The Bertz CT molecular complexity index is 377. The first-order valence-corrected chi connectivity index (χ1v) is 8.44. The standard InChI is InChI=1S/C18H35NO2/c1-15(2)8-10-18(20-7,11-9-15)14(19)13-12-16(3,4)21-17(13,5)6/h13-14H,8-12,19H2,1-7H3. The predicted octanol–water partition coefficient (Wildman–Crippen LogP) is 3.89. The van der Waals surface area contributed by atoms with Crippen LogP contribution in [0.15, 0.2) is 0 Å². The summed E-state index contributed by atoms with van der Waals surface area (Å²) in [7, 11) is 1.84. The molecule has 1 aliphatic heterocycles. The van der Waals surface area contributed by atoms with E-state index in [1.807, 2.05) is 7.11 Å². The van der Waals surface area contributed by atoms with E-state index in [1.54, 1.807) is 0 Å². The van der Waals surface area contributed by atoms with Crippen molar-refractivity contribution in [3.05, 3.63) is 0 Å². The van der Waals surface area contributed by atoms with E-state index < -0.39 is 0 Å². The quantitative estimate of drug-likeness (QED) is 0.859. The highest BCUT2D eigenvalue weighted by atomic mass is 16.5. The topological polar surface area (TPSA) is 44.5 Å². The fraction of sp³-hybridized carbons (Fsp3) is 1.00. The van der Waals surface area contributed by atoms with E-state index in [-0.39, 0.29) is 22.8 Å². The first-order valence-electron chi connectivity index (χ1n) is 8.44. The number of nitrogens with two attached hydrogens (primary N) is 1. The van der Waals surface area contributed by atoms with Gasteiger partial charge in [0.15, 0.2) is 0 Å². The van der Waals surface area contributed by atoms with Crippen LogP contribution in [0.2, 0.25) is 0 Å². The number of methoxy groups -OCH3 is 1. The Morgan fingerprint density at radius 1 is 1.00 bits per heavy atom. The van der Waals surface area contributed by atoms with E-state index in [0.29, 0.717) is 11.3 Å². The Labute approximate surface area is 130 Å². The van der Waals surface area contributed by atoms with Crippen molar-refractivity contribution in [2.24, 2.45) is 17.1 Å². The van der Waals surface area contributed by atoms with Crippen LogP contribution >= 0.6 is 0 Å². The molecule has 0 amide bonds. The maximum absolute atomic E-state index is 6.78. The fourth-order valence-corrected chi connectivity index (χ4v) is 4.55. The minimum atomic E-state index is -0.179. The van der Waals surface area contributed by atoms with Crippen LogP contribution in [0.25, 0.3) is 0 Å². The van der Waals surface area contributed by atoms with E-state index >= 15 is 0 Å². The Balaban J connectivity index is 2.19. The summed E-state index contributed by atoms with van der Waals surface area (Å²) < 4.78 is 12.3. The molecule has 0 aromatic rings. The molecule has 0 spiro atoms. The zero-order valence-corrected chi connectivity index (χ0v) is 15.1. The van der Waals surface area contributed by atoms with Crippen molar-refractivity contribution in [3.63, 3.8) is 0 Å². The van der Waals surface area contributed by atoms with Gasteiger partial charge in [0.25, 0.3) is 0 Å². The van der Waals surface area contributed by atoms with Crippen LogP contribution in [-0.2, 0) is 9.47 Å². The van der Waals surface area contributed by atoms with Crippen molar-refractivity contribution in [1.82, 2.24) is 0 Å². The molecule has 2 N–H and O–H groups in total. The van der Waals surface area contributed by atoms with E-state index in [2.05, 4.69) is 41.5 Å². The third kappa shape index (κ3) is 3.30. The summed E-state index contributed by atoms with van der Waals surface area (Å²) in [5.41, 5.74) is 6.75. The molecule has 21 heavy (non-hydrogen) atoms. The van der Waals surface area contributed by atoms with Gasteiger partial charge in [0.1, 0.15) is 0 Å². The highest BCUT2D eigenvalue weighted by Crippen LogP contribution is 2.50. The van der Waals surface area contributed by atoms with Gasteiger partial charge in [-0.1, -0.05) is 13.8 Å². The molecule has 1 saturated heterocycles. The van der Waals surface area contributed by atoms with Crippen molar-refractivity contribution < 1.29 is 9.47 Å². The predicted molar refractivity (Wildman–Crippen MR) is 87.3 cm³/mol. The van der Waals surface area contributed by atoms with Crippen LogP contribution in [-0.4, -0.2) is 30.0 Å². The minimum Gasteiger partial charge on any atom is -0.377 e. The van der Waals surface area contributed by atoms with Crippen LogP contribution in [0.1, 0.15) is 73.6 Å². The van der Waals surface area contributed by atoms with Gasteiger partial charge in [-0.15, -0.1) is 0 Å². The number of hydrogen-bond acceptors (Lipinski definition) is 3. The Kier molecular flexibility index (Phi) is 4.28. The first-order chi connectivity index (χ1) is 9.43. The second-order valence-electron chi connectivity index (χ2n) is 9.23. The molecule has 124 valence electrons. The average Bonchev–Trinajstić information content (AvgIpc) is 2.57. The van der Waals surface area contributed by atoms with Crippen LogP contribution < -0.4 is 5.73 Å². The van der Waals surface area contributed by atoms with Gasteiger partial charge < -0.3 is 15.2 Å². The van der Waals surface area contributed by atoms with Crippen LogP contribution in [0.4, 0.5) is 0 Å². The van der Waals surface area contributed by atoms with Crippen LogP contribution in [0, 0.1) is 11.3 Å². The normalized spacial score (nSPS) is 34.6. The molecule has 0 radical (unpaired) electrons. The molecule has 0 aromatic heterocycles. The molecule has 0 aromatic carbocycles. The number of rotatable bonds is 3. The van der Waals surface area contributed by atoms with Crippen molar-refractivity contribution in [1.29, 1.82) is 0 Å². The van der Waals surface area contributed by atoms with E-state index in [1.165, 1.54) is 12.8 Å². The fourth-order valence-electron chi connectivity index (χ4n) is 4.55. The lowest BCUT2D eigenvalue weighted by atomic mass is 9.64. The zero-order chi connectivity index (χ0) is 16.1. The largest absolute Gasteiger partial charge is 0.377 e. The van der Waals surface area contributed by atoms with Crippen molar-refractivity contribution in [2.45, 2.75) is 96.5 Å². The van der Waals surface area contributed by atoms with Gasteiger partial charge in [0, 0.05) is 19.1 Å². The molecule has 3 heteroatoms. The third-order valence-corrected chi connectivity index (χ3v) is 6.04. The van der Waals surface area contributed by atoms with Crippen molar-refractivity contribution in [3.8, 4) is 0 Å². The molecule has 2 atom stereocenters. The van der Waals surface area contributed by atoms with Gasteiger partial charge in [-0.3, -0.25) is 0 Å². The highest BCUT2D eigenvalue weighted by molar-refractivity contribution is 5.07. The second-order valence-corrected chi connectivity index (χ2v) is 9.23. The molecule has 1 aliphatic carbocycles. The zero-order valence-electron chi connectivity index (χ0n) is 15.1. The molecule has 2 rings (SSSR count). The van der Waals surface area contributed by atoms with E-state index in [0.717, 1.165) is 19.3 Å². The molecule has 0 bridgehead atoms. The van der Waals surface area contributed by atoms with Gasteiger partial charge in [-0.25, -0.2) is 0 Å². The highest BCUT2D eigenvalue weighted by Gasteiger charge is 2.54. The summed E-state index contributed by atoms with van der Waals surface area (Å²) in [6.45, 7) is 13.4. The van der Waals surface area contributed by atoms with E-state index in [4.69, 9.17) is 15.2 Å². The third-order valence-electron chi connectivity index (χ3n) is 6.04. The summed E-state index contributed by atoms with van der Waals surface area (Å²) in [4.78, 5) is 0. The Morgan fingerprint density at radius 3 is 1.90 bits per heavy atom. The van der Waals surface area contributed by atoms with Gasteiger partial charge in [0.05, 0.1) is 16.8 Å². The summed E-state index contributed by atoms with van der Waals surface area (Å²) in [6, 6.07) is 0.0374. The summed E-state index contributed by atoms with van der Waals surface area (Å²) in [5, 5.41) is 0. The minimum absolute atomic E-state index is 0.0374. The van der Waals surface area contributed by atoms with Crippen molar-refractivity contribution in [2.75, 3.05) is 7.11 Å². The molecule has 1 heterocycles. The molecule has 2 fully saturated rings. The van der Waals surface area contributed by atoms with Crippen molar-refractivity contribution >= 4 is 0 Å². The van der Waals surface area contributed by atoms with Gasteiger partial charge >= 0.3 is 0 Å². The maximum Gasteiger partial charge on any atom is 0.0833 e. The molecule has 2 unspecified atom stereocenters. The Morgan fingerprint density at radius 2 is 1.52 bits per heavy atom. The van der Waals surface area contributed by atoms with Crippen LogP contribution in [0.3, 0.4) is 0 Å². The molecular formula is C18H35NO2. The number of hydrogen-bond donors (Lipinski definition) is 1. The van der Waals surface area contributed by atoms with Gasteiger partial charge in [-0.2, -0.15) is 0 Å². The molecule has 2 aliphatic rings. The molecule has 1 saturated carbocycles. The lowest BCUT2D eigenvalue weighted by Gasteiger charge is -2.49. The van der Waals surface area contributed by atoms with Crippen LogP contribution in [0.5, 0.6) is 0 Å². The summed E-state index contributed by atoms with van der Waals surface area (Å²) in [5.74, 6) is 0.341.